The van der Waals surface area contributed by atoms with E-state index in [9.17, 15) is 13.2 Å². The Morgan fingerprint density at radius 1 is 1.44 bits per heavy atom. The zero-order chi connectivity index (χ0) is 17.9. The Morgan fingerprint density at radius 3 is 2.92 bits per heavy atom. The Labute approximate surface area is 152 Å². The van der Waals surface area contributed by atoms with Crippen molar-refractivity contribution in [2.24, 2.45) is 5.92 Å². The number of thiophene rings is 1. The van der Waals surface area contributed by atoms with Crippen molar-refractivity contribution in [3.8, 4) is 0 Å². The summed E-state index contributed by atoms with van der Waals surface area (Å²) in [7, 11) is -2.96. The highest BCUT2D eigenvalue weighted by Crippen LogP contribution is 2.24. The maximum atomic E-state index is 12.5. The van der Waals surface area contributed by atoms with Gasteiger partial charge >= 0.3 is 0 Å². The molecule has 2 atom stereocenters. The molecule has 0 bridgehead atoms. The van der Waals surface area contributed by atoms with Crippen LogP contribution in [-0.4, -0.2) is 30.8 Å². The van der Waals surface area contributed by atoms with Crippen LogP contribution in [0, 0.1) is 12.8 Å². The normalized spacial score (nSPS) is 20.3. The molecule has 7 heteroatoms. The number of carbonyl (C=O) groups excluding carboxylic acids is 1. The lowest BCUT2D eigenvalue weighted by atomic mass is 10.00. The van der Waals surface area contributed by atoms with Crippen LogP contribution >= 0.6 is 11.3 Å². The minimum Gasteiger partial charge on any atom is -0.347 e. The summed E-state index contributed by atoms with van der Waals surface area (Å²) in [5, 5.41) is 7.16. The zero-order valence-corrected chi connectivity index (χ0v) is 15.8. The quantitative estimate of drug-likeness (QED) is 0.838. The Hall–Kier alpha value is -1.73. The molecule has 0 aliphatic carbocycles. The van der Waals surface area contributed by atoms with E-state index in [0.717, 1.165) is 16.8 Å². The largest absolute Gasteiger partial charge is 0.347 e. The van der Waals surface area contributed by atoms with Crippen molar-refractivity contribution in [3.05, 3.63) is 52.0 Å². The van der Waals surface area contributed by atoms with Gasteiger partial charge in [-0.15, -0.1) is 0 Å². The van der Waals surface area contributed by atoms with Crippen molar-refractivity contribution < 1.29 is 13.2 Å². The molecule has 0 unspecified atom stereocenters. The first-order valence-corrected chi connectivity index (χ1v) is 11.1. The number of sulfone groups is 1. The third kappa shape index (κ3) is 4.89. The molecule has 0 radical (unpaired) electrons. The number of carbonyl (C=O) groups is 1. The predicted molar refractivity (Wildman–Crippen MR) is 99.3 cm³/mol. The highest BCUT2D eigenvalue weighted by molar-refractivity contribution is 7.91. The molecule has 0 aromatic carbocycles. The molecule has 2 aromatic heterocycles. The number of hydrogen-bond acceptors (Lipinski definition) is 5. The van der Waals surface area contributed by atoms with Crippen molar-refractivity contribution in [1.29, 1.82) is 0 Å². The highest BCUT2D eigenvalue weighted by atomic mass is 32.2. The summed E-state index contributed by atoms with van der Waals surface area (Å²) >= 11 is 1.63. The van der Waals surface area contributed by atoms with Crippen LogP contribution in [0.1, 0.15) is 35.7 Å². The maximum Gasteiger partial charge on any atom is 0.220 e. The van der Waals surface area contributed by atoms with Crippen LogP contribution < -0.4 is 5.32 Å². The van der Waals surface area contributed by atoms with Gasteiger partial charge in [-0.25, -0.2) is 8.42 Å². The summed E-state index contributed by atoms with van der Waals surface area (Å²) < 4.78 is 23.2. The van der Waals surface area contributed by atoms with Gasteiger partial charge in [-0.1, -0.05) is 6.07 Å². The fourth-order valence-electron chi connectivity index (χ4n) is 3.27. The third-order valence-electron chi connectivity index (χ3n) is 4.54. The van der Waals surface area contributed by atoms with Crippen LogP contribution in [0.15, 0.2) is 35.2 Å². The van der Waals surface area contributed by atoms with Crippen LogP contribution in [0.25, 0.3) is 0 Å². The second-order valence-corrected chi connectivity index (χ2v) is 9.64. The first-order valence-electron chi connectivity index (χ1n) is 8.35. The lowest BCUT2D eigenvalue weighted by Crippen LogP contribution is -2.32. The molecule has 25 heavy (non-hydrogen) atoms. The highest BCUT2D eigenvalue weighted by Gasteiger charge is 2.30. The standard InChI is InChI=1S/C18H22N2O3S2/c1-13-3-2-6-19-18(13)16(9-14-4-7-24-11-14)20-17(21)10-15-5-8-25(22,23)12-15/h2-4,6-7,11,15-16H,5,8-10,12H2,1H3,(H,20,21)/t15-,16-/m1/s1. The fraction of sp³-hybridized carbons (Fsp3) is 0.444. The average Bonchev–Trinajstić information content (AvgIpc) is 3.16. The Bertz CT molecular complexity index is 832. The van der Waals surface area contributed by atoms with Crippen molar-refractivity contribution >= 4 is 27.1 Å². The van der Waals surface area contributed by atoms with Gasteiger partial charge < -0.3 is 5.32 Å². The molecule has 3 rings (SSSR count). The van der Waals surface area contributed by atoms with Crippen LogP contribution in [0.2, 0.25) is 0 Å². The summed E-state index contributed by atoms with van der Waals surface area (Å²) in [5.74, 6) is 0.143. The fourth-order valence-corrected chi connectivity index (χ4v) is 5.82. The maximum absolute atomic E-state index is 12.5. The lowest BCUT2D eigenvalue weighted by molar-refractivity contribution is -0.122. The van der Waals surface area contributed by atoms with Gasteiger partial charge in [0.15, 0.2) is 9.84 Å². The van der Waals surface area contributed by atoms with Gasteiger partial charge in [0.05, 0.1) is 23.2 Å². The van der Waals surface area contributed by atoms with Gasteiger partial charge in [0.25, 0.3) is 0 Å². The molecule has 2 aromatic rings. The summed E-state index contributed by atoms with van der Waals surface area (Å²) in [5.41, 5.74) is 3.05. The average molecular weight is 379 g/mol. The predicted octanol–water partition coefficient (Wildman–Crippen LogP) is 2.68. The lowest BCUT2D eigenvalue weighted by Gasteiger charge is -2.20. The first kappa shape index (κ1) is 18.1. The van der Waals surface area contributed by atoms with Crippen molar-refractivity contribution in [3.63, 3.8) is 0 Å². The first-order chi connectivity index (χ1) is 11.9. The number of nitrogens with zero attached hydrogens (tertiary/aromatic N) is 1. The smallest absolute Gasteiger partial charge is 0.220 e. The minimum absolute atomic E-state index is 0.0726. The molecule has 1 saturated heterocycles. The zero-order valence-electron chi connectivity index (χ0n) is 14.1. The van der Waals surface area contributed by atoms with E-state index in [1.54, 1.807) is 17.5 Å². The van der Waals surface area contributed by atoms with E-state index in [1.165, 1.54) is 0 Å². The van der Waals surface area contributed by atoms with E-state index in [-0.39, 0.29) is 35.8 Å². The van der Waals surface area contributed by atoms with Gasteiger partial charge in [-0.05, 0) is 59.7 Å². The van der Waals surface area contributed by atoms with Crippen molar-refractivity contribution in [1.82, 2.24) is 10.3 Å². The molecule has 5 nitrogen and oxygen atoms in total. The Kier molecular flexibility index (Phi) is 5.54. The molecule has 3 heterocycles. The molecule has 1 amide bonds. The molecular formula is C18H22N2O3S2. The van der Waals surface area contributed by atoms with Gasteiger partial charge in [-0.2, -0.15) is 11.3 Å². The van der Waals surface area contributed by atoms with Crippen molar-refractivity contribution in [2.75, 3.05) is 11.5 Å². The number of aryl methyl sites for hydroxylation is 1. The van der Waals surface area contributed by atoms with Crippen LogP contribution in [-0.2, 0) is 21.1 Å². The summed E-state index contributed by atoms with van der Waals surface area (Å²) in [6, 6.07) is 5.71. The minimum atomic E-state index is -2.96. The van der Waals surface area contributed by atoms with Crippen LogP contribution in [0.4, 0.5) is 0 Å². The Morgan fingerprint density at radius 2 is 2.28 bits per heavy atom. The molecule has 134 valence electrons. The van der Waals surface area contributed by atoms with E-state index in [1.807, 2.05) is 30.5 Å². The number of aromatic nitrogens is 1. The number of rotatable bonds is 6. The van der Waals surface area contributed by atoms with Crippen LogP contribution in [0.5, 0.6) is 0 Å². The van der Waals surface area contributed by atoms with Gasteiger partial charge in [0.2, 0.25) is 5.91 Å². The van der Waals surface area contributed by atoms with E-state index in [0.29, 0.717) is 12.8 Å². The number of pyridine rings is 1. The summed E-state index contributed by atoms with van der Waals surface area (Å²) in [4.78, 5) is 17.0. The molecule has 1 aliphatic heterocycles. The summed E-state index contributed by atoms with van der Waals surface area (Å²) in [6.07, 6.45) is 3.24. The Balaban J connectivity index is 1.71. The molecular weight excluding hydrogens is 356 g/mol. The van der Waals surface area contributed by atoms with E-state index < -0.39 is 9.84 Å². The third-order valence-corrected chi connectivity index (χ3v) is 7.10. The van der Waals surface area contributed by atoms with Gasteiger partial charge in [0, 0.05) is 12.6 Å². The number of nitrogens with one attached hydrogen (secondary N) is 1. The van der Waals surface area contributed by atoms with Crippen LogP contribution in [0.3, 0.4) is 0 Å². The topological polar surface area (TPSA) is 76.1 Å². The van der Waals surface area contributed by atoms with Crippen molar-refractivity contribution in [2.45, 2.75) is 32.2 Å². The number of hydrogen-bond donors (Lipinski definition) is 1. The molecule has 1 aliphatic rings. The molecule has 1 fully saturated rings. The second kappa shape index (κ2) is 7.66. The molecule has 0 saturated carbocycles. The molecule has 1 N–H and O–H groups in total. The monoisotopic (exact) mass is 378 g/mol. The second-order valence-electron chi connectivity index (χ2n) is 6.63. The van der Waals surface area contributed by atoms with E-state index in [4.69, 9.17) is 0 Å². The SMILES string of the molecule is Cc1cccnc1[C@@H](Cc1ccsc1)NC(=O)C[C@H]1CCS(=O)(=O)C1. The van der Waals surface area contributed by atoms with E-state index in [2.05, 4.69) is 15.7 Å². The van der Waals surface area contributed by atoms with Gasteiger partial charge in [-0.3, -0.25) is 9.78 Å². The van der Waals surface area contributed by atoms with E-state index >= 15 is 0 Å². The summed E-state index contributed by atoms with van der Waals surface area (Å²) in [6.45, 7) is 1.98. The number of amides is 1. The molecule has 0 spiro atoms. The van der Waals surface area contributed by atoms with Gasteiger partial charge in [0.1, 0.15) is 0 Å².